The van der Waals surface area contributed by atoms with Gasteiger partial charge in [0.25, 0.3) is 0 Å². The van der Waals surface area contributed by atoms with E-state index in [0.717, 1.165) is 0 Å². The Balaban J connectivity index is 3.46. The average molecular weight is 128 g/mol. The lowest BCUT2D eigenvalue weighted by Gasteiger charge is -2.05. The highest BCUT2D eigenvalue weighted by Crippen LogP contribution is 1.78. The van der Waals surface area contributed by atoms with E-state index in [0.29, 0.717) is 6.42 Å². The van der Waals surface area contributed by atoms with E-state index >= 15 is 0 Å². The predicted octanol–water partition coefficient (Wildman–Crippen LogP) is 0.551. The predicted molar refractivity (Wildman–Crippen MR) is 36.7 cm³/mol. The van der Waals surface area contributed by atoms with Gasteiger partial charge in [-0.2, -0.15) is 0 Å². The van der Waals surface area contributed by atoms with Crippen molar-refractivity contribution in [2.45, 2.75) is 26.3 Å². The fraction of sp³-hybridized carbons (Fsp3) is 0.667. The molecule has 3 nitrogen and oxygen atoms in total. The summed E-state index contributed by atoms with van der Waals surface area (Å²) in [5.41, 5.74) is 0. The van der Waals surface area contributed by atoms with Crippen LogP contribution in [-0.2, 0) is 4.79 Å². The Labute approximate surface area is 55.0 Å². The van der Waals surface area contributed by atoms with Crippen LogP contribution in [0.25, 0.3) is 0 Å². The quantitative estimate of drug-likeness (QED) is 0.536. The monoisotopic (exact) mass is 128 g/mol. The second-order valence-electron chi connectivity index (χ2n) is 1.88. The molecule has 0 spiro atoms. The smallest absolute Gasteiger partial charge is 0.220 e. The maximum absolute atomic E-state index is 10.6. The highest BCUT2D eigenvalue weighted by atomic mass is 16.1. The normalized spacial score (nSPS) is 12.2. The average Bonchev–Trinajstić information content (AvgIpc) is 1.87. The molecular formula is C6H12N2O. The van der Waals surface area contributed by atoms with Crippen LogP contribution in [-0.4, -0.2) is 18.2 Å². The second-order valence-corrected chi connectivity index (χ2v) is 1.88. The zero-order valence-electron chi connectivity index (χ0n) is 5.77. The van der Waals surface area contributed by atoms with Gasteiger partial charge in [0.15, 0.2) is 0 Å². The molecule has 0 fully saturated rings. The van der Waals surface area contributed by atoms with Gasteiger partial charge in [-0.25, -0.2) is 0 Å². The van der Waals surface area contributed by atoms with E-state index in [9.17, 15) is 4.79 Å². The molecule has 3 heteroatoms. The van der Waals surface area contributed by atoms with Gasteiger partial charge in [-0.05, 0) is 6.92 Å². The van der Waals surface area contributed by atoms with Crippen LogP contribution in [0.4, 0.5) is 0 Å². The third kappa shape index (κ3) is 3.70. The number of amides is 1. The number of carbonyl (C=O) groups is 1. The fourth-order valence-electron chi connectivity index (χ4n) is 0.398. The molecule has 0 heterocycles. The highest BCUT2D eigenvalue weighted by molar-refractivity contribution is 5.79. The third-order valence-corrected chi connectivity index (χ3v) is 0.960. The number of hydrogen-bond donors (Lipinski definition) is 2. The Morgan fingerprint density at radius 1 is 1.89 bits per heavy atom. The van der Waals surface area contributed by atoms with Gasteiger partial charge in [0, 0.05) is 12.6 Å². The Morgan fingerprint density at radius 2 is 2.44 bits per heavy atom. The molecule has 0 aliphatic carbocycles. The summed E-state index contributed by atoms with van der Waals surface area (Å²) in [6.45, 7) is 3.55. The van der Waals surface area contributed by atoms with Crippen molar-refractivity contribution in [2.75, 3.05) is 0 Å². The van der Waals surface area contributed by atoms with Crippen LogP contribution in [0.2, 0.25) is 0 Å². The van der Waals surface area contributed by atoms with Gasteiger partial charge in [0.05, 0.1) is 6.04 Å². The van der Waals surface area contributed by atoms with E-state index in [-0.39, 0.29) is 11.9 Å². The summed E-state index contributed by atoms with van der Waals surface area (Å²) in [5, 5.41) is 9.33. The first kappa shape index (κ1) is 8.14. The van der Waals surface area contributed by atoms with Crippen molar-refractivity contribution in [3.8, 4) is 0 Å². The molecule has 0 aromatic rings. The van der Waals surface area contributed by atoms with Crippen molar-refractivity contribution < 1.29 is 4.79 Å². The first-order valence-corrected chi connectivity index (χ1v) is 3.00. The van der Waals surface area contributed by atoms with E-state index < -0.39 is 0 Å². The molecule has 0 saturated carbocycles. The van der Waals surface area contributed by atoms with Gasteiger partial charge < -0.3 is 10.7 Å². The molecule has 1 atom stereocenters. The van der Waals surface area contributed by atoms with Crippen molar-refractivity contribution >= 4 is 12.1 Å². The van der Waals surface area contributed by atoms with Crippen molar-refractivity contribution in [3.63, 3.8) is 0 Å². The molecule has 0 aliphatic rings. The zero-order chi connectivity index (χ0) is 7.28. The summed E-state index contributed by atoms with van der Waals surface area (Å²) < 4.78 is 0. The van der Waals surface area contributed by atoms with Crippen LogP contribution < -0.4 is 5.32 Å². The second kappa shape index (κ2) is 4.06. The fourth-order valence-corrected chi connectivity index (χ4v) is 0.398. The SMILES string of the molecule is CCC(=O)N[C@@H](C)C=N. The van der Waals surface area contributed by atoms with Gasteiger partial charge in [0.2, 0.25) is 5.91 Å². The maximum Gasteiger partial charge on any atom is 0.220 e. The molecule has 0 aromatic carbocycles. The van der Waals surface area contributed by atoms with Crippen LogP contribution in [0.5, 0.6) is 0 Å². The molecular weight excluding hydrogens is 116 g/mol. The minimum Gasteiger partial charge on any atom is -0.349 e. The van der Waals surface area contributed by atoms with Crippen LogP contribution in [0.3, 0.4) is 0 Å². The summed E-state index contributed by atoms with van der Waals surface area (Å²) in [4.78, 5) is 10.6. The number of carbonyl (C=O) groups excluding carboxylic acids is 1. The van der Waals surface area contributed by atoms with Gasteiger partial charge in [-0.3, -0.25) is 4.79 Å². The Bertz CT molecular complexity index is 112. The van der Waals surface area contributed by atoms with E-state index in [1.165, 1.54) is 6.21 Å². The topological polar surface area (TPSA) is 53.0 Å². The van der Waals surface area contributed by atoms with Crippen LogP contribution in [0.1, 0.15) is 20.3 Å². The Kier molecular flexibility index (Phi) is 3.67. The van der Waals surface area contributed by atoms with E-state index in [1.807, 2.05) is 0 Å². The lowest BCUT2D eigenvalue weighted by Crippen LogP contribution is -2.32. The highest BCUT2D eigenvalue weighted by Gasteiger charge is 1.99. The van der Waals surface area contributed by atoms with Crippen LogP contribution in [0.15, 0.2) is 0 Å². The molecule has 0 aliphatic heterocycles. The minimum absolute atomic E-state index is 0.00833. The van der Waals surface area contributed by atoms with Gasteiger partial charge >= 0.3 is 0 Å². The van der Waals surface area contributed by atoms with Crippen LogP contribution in [0, 0.1) is 5.41 Å². The van der Waals surface area contributed by atoms with Crippen LogP contribution >= 0.6 is 0 Å². The molecule has 2 N–H and O–H groups in total. The molecule has 0 unspecified atom stereocenters. The Morgan fingerprint density at radius 3 is 2.78 bits per heavy atom. The molecule has 9 heavy (non-hydrogen) atoms. The van der Waals surface area contributed by atoms with Crippen molar-refractivity contribution in [2.24, 2.45) is 0 Å². The summed E-state index contributed by atoms with van der Waals surface area (Å²) in [6, 6.07) is -0.127. The molecule has 0 aromatic heterocycles. The lowest BCUT2D eigenvalue weighted by molar-refractivity contribution is -0.120. The standard InChI is InChI=1S/C6H12N2O/c1-3-6(9)8-5(2)4-7/h4-5,7H,3H2,1-2H3,(H,8,9)/t5-/m0/s1. The Hall–Kier alpha value is -0.860. The number of nitrogens with one attached hydrogen (secondary N) is 2. The van der Waals surface area contributed by atoms with E-state index in [1.54, 1.807) is 13.8 Å². The van der Waals surface area contributed by atoms with Gasteiger partial charge in [-0.1, -0.05) is 6.92 Å². The van der Waals surface area contributed by atoms with Crippen molar-refractivity contribution in [1.29, 1.82) is 5.41 Å². The molecule has 1 amide bonds. The van der Waals surface area contributed by atoms with Gasteiger partial charge in [-0.15, -0.1) is 0 Å². The molecule has 0 saturated heterocycles. The first-order valence-electron chi connectivity index (χ1n) is 3.00. The zero-order valence-corrected chi connectivity index (χ0v) is 5.77. The van der Waals surface area contributed by atoms with Gasteiger partial charge in [0.1, 0.15) is 0 Å². The van der Waals surface area contributed by atoms with E-state index in [4.69, 9.17) is 5.41 Å². The molecule has 52 valence electrons. The number of hydrogen-bond acceptors (Lipinski definition) is 2. The number of rotatable bonds is 3. The largest absolute Gasteiger partial charge is 0.349 e. The summed E-state index contributed by atoms with van der Waals surface area (Å²) in [7, 11) is 0. The minimum atomic E-state index is -0.127. The third-order valence-electron chi connectivity index (χ3n) is 0.960. The lowest BCUT2D eigenvalue weighted by atomic mass is 10.3. The van der Waals surface area contributed by atoms with E-state index in [2.05, 4.69) is 5.32 Å². The molecule has 0 bridgehead atoms. The summed E-state index contributed by atoms with van der Waals surface area (Å²) in [6.07, 6.45) is 1.69. The molecule has 0 radical (unpaired) electrons. The van der Waals surface area contributed by atoms with Crippen molar-refractivity contribution in [3.05, 3.63) is 0 Å². The first-order chi connectivity index (χ1) is 4.20. The van der Waals surface area contributed by atoms with Crippen molar-refractivity contribution in [1.82, 2.24) is 5.32 Å². The summed E-state index contributed by atoms with van der Waals surface area (Å²) >= 11 is 0. The summed E-state index contributed by atoms with van der Waals surface area (Å²) in [5.74, 6) is -0.00833. The molecule has 0 rings (SSSR count). The maximum atomic E-state index is 10.6.